The maximum Gasteiger partial charge on any atom is 0.135 e. The summed E-state index contributed by atoms with van der Waals surface area (Å²) in [6.45, 7) is 4.22. The van der Waals surface area contributed by atoms with Crippen LogP contribution >= 0.6 is 22.6 Å². The van der Waals surface area contributed by atoms with E-state index >= 15 is 0 Å². The molecule has 3 nitrogen and oxygen atoms in total. The van der Waals surface area contributed by atoms with E-state index < -0.39 is 0 Å². The highest BCUT2D eigenvalue weighted by Crippen LogP contribution is 2.25. The summed E-state index contributed by atoms with van der Waals surface area (Å²) >= 11 is 2.20. The zero-order chi connectivity index (χ0) is 11.7. The number of rotatable bonds is 2. The molecule has 0 radical (unpaired) electrons. The highest BCUT2D eigenvalue weighted by molar-refractivity contribution is 14.1. The molecule has 84 valence electrons. The van der Waals surface area contributed by atoms with E-state index in [0.717, 1.165) is 9.39 Å². The van der Waals surface area contributed by atoms with Crippen LogP contribution in [0.15, 0.2) is 30.5 Å². The standard InChI is InChI=1S/C12H14IN3/c1-8-5-3-4-6-10(8)9(2)16-12(14)11(13)7-15-16/h3-7,9H,14H2,1-2H3. The number of halogens is 1. The Morgan fingerprint density at radius 1 is 1.38 bits per heavy atom. The summed E-state index contributed by atoms with van der Waals surface area (Å²) in [5.41, 5.74) is 8.51. The predicted molar refractivity (Wildman–Crippen MR) is 74.3 cm³/mol. The van der Waals surface area contributed by atoms with Gasteiger partial charge in [0.25, 0.3) is 0 Å². The molecule has 16 heavy (non-hydrogen) atoms. The quantitative estimate of drug-likeness (QED) is 0.862. The zero-order valence-electron chi connectivity index (χ0n) is 9.31. The SMILES string of the molecule is Cc1ccccc1C(C)n1ncc(I)c1N. The van der Waals surface area contributed by atoms with Gasteiger partial charge in [-0.2, -0.15) is 5.10 Å². The highest BCUT2D eigenvalue weighted by Gasteiger charge is 2.14. The Hall–Kier alpha value is -1.04. The lowest BCUT2D eigenvalue weighted by atomic mass is 10.0. The Bertz CT molecular complexity index is 505. The van der Waals surface area contributed by atoms with Crippen LogP contribution in [0, 0.1) is 10.5 Å². The van der Waals surface area contributed by atoms with Crippen LogP contribution in [-0.4, -0.2) is 9.78 Å². The lowest BCUT2D eigenvalue weighted by molar-refractivity contribution is 0.570. The van der Waals surface area contributed by atoms with Gasteiger partial charge in [0.15, 0.2) is 0 Å². The van der Waals surface area contributed by atoms with Gasteiger partial charge in [0.1, 0.15) is 5.82 Å². The van der Waals surface area contributed by atoms with Crippen molar-refractivity contribution in [1.29, 1.82) is 0 Å². The van der Waals surface area contributed by atoms with E-state index in [9.17, 15) is 0 Å². The average molecular weight is 327 g/mol. The fraction of sp³-hybridized carbons (Fsp3) is 0.250. The van der Waals surface area contributed by atoms with E-state index in [0.29, 0.717) is 0 Å². The van der Waals surface area contributed by atoms with Crippen LogP contribution in [0.3, 0.4) is 0 Å². The van der Waals surface area contributed by atoms with Crippen molar-refractivity contribution in [3.8, 4) is 0 Å². The van der Waals surface area contributed by atoms with E-state index in [-0.39, 0.29) is 6.04 Å². The van der Waals surface area contributed by atoms with Gasteiger partial charge in [-0.05, 0) is 47.6 Å². The van der Waals surface area contributed by atoms with Crippen LogP contribution in [-0.2, 0) is 0 Å². The van der Waals surface area contributed by atoms with Crippen molar-refractivity contribution in [3.63, 3.8) is 0 Å². The number of hydrogen-bond donors (Lipinski definition) is 1. The lowest BCUT2D eigenvalue weighted by Crippen LogP contribution is -2.12. The van der Waals surface area contributed by atoms with Gasteiger partial charge in [0, 0.05) is 0 Å². The maximum absolute atomic E-state index is 5.98. The molecule has 0 aliphatic heterocycles. The van der Waals surface area contributed by atoms with E-state index in [1.165, 1.54) is 11.1 Å². The summed E-state index contributed by atoms with van der Waals surface area (Å²) in [6.07, 6.45) is 1.80. The molecule has 2 N–H and O–H groups in total. The van der Waals surface area contributed by atoms with Crippen molar-refractivity contribution in [2.45, 2.75) is 19.9 Å². The summed E-state index contributed by atoms with van der Waals surface area (Å²) in [6, 6.07) is 8.49. The third-order valence-electron chi connectivity index (χ3n) is 2.79. The molecule has 0 fully saturated rings. The number of nitrogens with zero attached hydrogens (tertiary/aromatic N) is 2. The number of benzene rings is 1. The maximum atomic E-state index is 5.98. The van der Waals surface area contributed by atoms with Gasteiger partial charge >= 0.3 is 0 Å². The number of aromatic nitrogens is 2. The molecule has 1 heterocycles. The molecule has 0 saturated heterocycles. The van der Waals surface area contributed by atoms with Crippen LogP contribution < -0.4 is 5.73 Å². The summed E-state index contributed by atoms with van der Waals surface area (Å²) < 4.78 is 2.86. The number of aryl methyl sites for hydroxylation is 1. The first-order valence-electron chi connectivity index (χ1n) is 5.15. The Balaban J connectivity index is 2.43. The molecular formula is C12H14IN3. The first kappa shape index (κ1) is 11.4. The molecule has 4 heteroatoms. The van der Waals surface area contributed by atoms with Gasteiger partial charge in [0.05, 0.1) is 15.8 Å². The van der Waals surface area contributed by atoms with E-state index in [2.05, 4.69) is 53.7 Å². The van der Waals surface area contributed by atoms with Crippen LogP contribution in [0.2, 0.25) is 0 Å². The van der Waals surface area contributed by atoms with Crippen molar-refractivity contribution < 1.29 is 0 Å². The first-order chi connectivity index (χ1) is 7.61. The Morgan fingerprint density at radius 3 is 2.62 bits per heavy atom. The molecule has 0 amide bonds. The Labute approximate surface area is 109 Å². The van der Waals surface area contributed by atoms with Gasteiger partial charge < -0.3 is 5.73 Å². The van der Waals surface area contributed by atoms with E-state index in [4.69, 9.17) is 5.73 Å². The molecule has 0 aliphatic carbocycles. The highest BCUT2D eigenvalue weighted by atomic mass is 127. The molecule has 1 aromatic carbocycles. The minimum Gasteiger partial charge on any atom is -0.383 e. The van der Waals surface area contributed by atoms with Crippen molar-refractivity contribution in [1.82, 2.24) is 9.78 Å². The minimum absolute atomic E-state index is 0.171. The summed E-state index contributed by atoms with van der Waals surface area (Å²) in [4.78, 5) is 0. The second-order valence-electron chi connectivity index (χ2n) is 3.85. The molecule has 0 aliphatic rings. The van der Waals surface area contributed by atoms with Gasteiger partial charge in [-0.15, -0.1) is 0 Å². The number of anilines is 1. The molecule has 1 atom stereocenters. The Morgan fingerprint density at radius 2 is 2.06 bits per heavy atom. The fourth-order valence-electron chi connectivity index (χ4n) is 1.85. The van der Waals surface area contributed by atoms with Gasteiger partial charge in [-0.3, -0.25) is 0 Å². The number of nitrogens with two attached hydrogens (primary N) is 1. The second-order valence-corrected chi connectivity index (χ2v) is 5.02. The van der Waals surface area contributed by atoms with E-state index in [1.54, 1.807) is 6.20 Å². The molecule has 2 aromatic rings. The fourth-order valence-corrected chi connectivity index (χ4v) is 2.22. The molecule has 2 rings (SSSR count). The first-order valence-corrected chi connectivity index (χ1v) is 6.23. The lowest BCUT2D eigenvalue weighted by Gasteiger charge is -2.16. The van der Waals surface area contributed by atoms with Crippen molar-refractivity contribution >= 4 is 28.4 Å². The number of nitrogen functional groups attached to an aromatic ring is 1. The van der Waals surface area contributed by atoms with Gasteiger partial charge in [-0.25, -0.2) is 4.68 Å². The molecule has 0 saturated carbocycles. The second kappa shape index (κ2) is 4.45. The molecule has 0 spiro atoms. The molecule has 0 bridgehead atoms. The average Bonchev–Trinajstić information content (AvgIpc) is 2.60. The van der Waals surface area contributed by atoms with Crippen LogP contribution in [0.25, 0.3) is 0 Å². The van der Waals surface area contributed by atoms with E-state index in [1.807, 2.05) is 16.8 Å². The summed E-state index contributed by atoms with van der Waals surface area (Å²) in [5.74, 6) is 0.733. The van der Waals surface area contributed by atoms with Crippen molar-refractivity contribution in [2.24, 2.45) is 0 Å². The third-order valence-corrected chi connectivity index (χ3v) is 3.62. The van der Waals surface area contributed by atoms with Crippen LogP contribution in [0.1, 0.15) is 24.1 Å². The molecule has 1 unspecified atom stereocenters. The summed E-state index contributed by atoms with van der Waals surface area (Å²) in [7, 11) is 0. The largest absolute Gasteiger partial charge is 0.383 e. The Kier molecular flexibility index (Phi) is 3.18. The third kappa shape index (κ3) is 1.93. The molecule has 1 aromatic heterocycles. The van der Waals surface area contributed by atoms with Crippen LogP contribution in [0.5, 0.6) is 0 Å². The van der Waals surface area contributed by atoms with Crippen molar-refractivity contribution in [3.05, 3.63) is 45.2 Å². The topological polar surface area (TPSA) is 43.8 Å². The van der Waals surface area contributed by atoms with Crippen LogP contribution in [0.4, 0.5) is 5.82 Å². The minimum atomic E-state index is 0.171. The summed E-state index contributed by atoms with van der Waals surface area (Å²) in [5, 5.41) is 4.32. The predicted octanol–water partition coefficient (Wildman–Crippen LogP) is 2.99. The smallest absolute Gasteiger partial charge is 0.135 e. The van der Waals surface area contributed by atoms with Gasteiger partial charge in [0.2, 0.25) is 0 Å². The van der Waals surface area contributed by atoms with Gasteiger partial charge in [-0.1, -0.05) is 24.3 Å². The monoisotopic (exact) mass is 327 g/mol. The normalized spacial score (nSPS) is 12.7. The van der Waals surface area contributed by atoms with Crippen molar-refractivity contribution in [2.75, 3.05) is 5.73 Å². The number of hydrogen-bond acceptors (Lipinski definition) is 2. The zero-order valence-corrected chi connectivity index (χ0v) is 11.5. The molecular weight excluding hydrogens is 313 g/mol.